The minimum absolute atomic E-state index is 0.0450. The van der Waals surface area contributed by atoms with E-state index in [-0.39, 0.29) is 11.1 Å². The van der Waals surface area contributed by atoms with Gasteiger partial charge >= 0.3 is 0 Å². The molecular weight excluding hydrogens is 240 g/mol. The van der Waals surface area contributed by atoms with Crippen molar-refractivity contribution in [2.24, 2.45) is 0 Å². The summed E-state index contributed by atoms with van der Waals surface area (Å²) in [6, 6.07) is 0. The fourth-order valence-corrected chi connectivity index (χ4v) is 2.40. The monoisotopic (exact) mass is 264 g/mol. The van der Waals surface area contributed by atoms with E-state index in [1.54, 1.807) is 17.0 Å². The molecule has 0 unspecified atom stereocenters. The topological polar surface area (TPSA) is 50.2 Å². The van der Waals surface area contributed by atoms with E-state index in [1.807, 2.05) is 20.8 Å². The van der Waals surface area contributed by atoms with Gasteiger partial charge in [-0.15, -0.1) is 0 Å². The second kappa shape index (κ2) is 5.74. The van der Waals surface area contributed by atoms with E-state index < -0.39 is 0 Å². The Balaban J connectivity index is 1.98. The molecule has 5 heteroatoms. The maximum atomic E-state index is 12.3. The molecule has 0 spiro atoms. The zero-order valence-corrected chi connectivity index (χ0v) is 12.1. The summed E-state index contributed by atoms with van der Waals surface area (Å²) < 4.78 is 1.72. The molecule has 5 nitrogen and oxygen atoms in total. The Morgan fingerprint density at radius 2 is 2.00 bits per heavy atom. The highest BCUT2D eigenvalue weighted by molar-refractivity contribution is 5.31. The predicted molar refractivity (Wildman–Crippen MR) is 77.7 cm³/mol. The Labute approximate surface area is 114 Å². The van der Waals surface area contributed by atoms with Crippen molar-refractivity contribution in [3.63, 3.8) is 0 Å². The van der Waals surface area contributed by atoms with Crippen molar-refractivity contribution < 1.29 is 0 Å². The first-order valence-corrected chi connectivity index (χ1v) is 7.03. The molecular formula is C14H24N4O. The van der Waals surface area contributed by atoms with E-state index in [0.717, 1.165) is 13.1 Å². The number of nitrogens with zero attached hydrogens (tertiary/aromatic N) is 3. The molecule has 0 amide bonds. The van der Waals surface area contributed by atoms with Crippen LogP contribution in [0.1, 0.15) is 33.6 Å². The van der Waals surface area contributed by atoms with Crippen LogP contribution >= 0.6 is 0 Å². The van der Waals surface area contributed by atoms with Crippen molar-refractivity contribution in [3.8, 4) is 0 Å². The lowest BCUT2D eigenvalue weighted by Gasteiger charge is -2.22. The van der Waals surface area contributed by atoms with Gasteiger partial charge in [-0.1, -0.05) is 0 Å². The van der Waals surface area contributed by atoms with Gasteiger partial charge in [0.05, 0.1) is 0 Å². The van der Waals surface area contributed by atoms with Gasteiger partial charge < -0.3 is 14.8 Å². The number of hydrogen-bond acceptors (Lipinski definition) is 4. The first-order chi connectivity index (χ1) is 8.98. The predicted octanol–water partition coefficient (Wildman–Crippen LogP) is 1.51. The second-order valence-corrected chi connectivity index (χ2v) is 6.10. The third-order valence-corrected chi connectivity index (χ3v) is 3.48. The van der Waals surface area contributed by atoms with Crippen LogP contribution in [0, 0.1) is 0 Å². The summed E-state index contributed by atoms with van der Waals surface area (Å²) in [5.74, 6) is 0.455. The van der Waals surface area contributed by atoms with Crippen LogP contribution in [-0.4, -0.2) is 40.6 Å². The Morgan fingerprint density at radius 1 is 1.32 bits per heavy atom. The largest absolute Gasteiger partial charge is 0.364 e. The van der Waals surface area contributed by atoms with Crippen LogP contribution < -0.4 is 10.9 Å². The molecule has 0 saturated carbocycles. The van der Waals surface area contributed by atoms with Crippen molar-refractivity contribution >= 4 is 5.82 Å². The Morgan fingerprint density at radius 3 is 2.63 bits per heavy atom. The van der Waals surface area contributed by atoms with E-state index >= 15 is 0 Å². The third-order valence-electron chi connectivity index (χ3n) is 3.48. The lowest BCUT2D eigenvalue weighted by Crippen LogP contribution is -2.36. The Bertz CT molecular complexity index is 469. The van der Waals surface area contributed by atoms with Gasteiger partial charge in [-0.05, 0) is 46.7 Å². The maximum Gasteiger partial charge on any atom is 0.293 e. The van der Waals surface area contributed by atoms with Crippen molar-refractivity contribution in [1.82, 2.24) is 14.5 Å². The average Bonchev–Trinajstić information content (AvgIpc) is 2.83. The van der Waals surface area contributed by atoms with Crippen LogP contribution in [0.4, 0.5) is 5.82 Å². The SMILES string of the molecule is CC(C)(C)n1ccnc(NCCN2CCCC2)c1=O. The van der Waals surface area contributed by atoms with Gasteiger partial charge in [0.2, 0.25) is 0 Å². The highest BCUT2D eigenvalue weighted by Crippen LogP contribution is 2.11. The number of anilines is 1. The molecule has 2 rings (SSSR count). The molecule has 1 fully saturated rings. The van der Waals surface area contributed by atoms with Gasteiger partial charge in [-0.3, -0.25) is 4.79 Å². The van der Waals surface area contributed by atoms with E-state index in [1.165, 1.54) is 25.9 Å². The fraction of sp³-hybridized carbons (Fsp3) is 0.714. The van der Waals surface area contributed by atoms with Crippen molar-refractivity contribution in [2.75, 3.05) is 31.5 Å². The van der Waals surface area contributed by atoms with Crippen LogP contribution in [0.3, 0.4) is 0 Å². The minimum Gasteiger partial charge on any atom is -0.364 e. The van der Waals surface area contributed by atoms with E-state index in [0.29, 0.717) is 5.82 Å². The summed E-state index contributed by atoms with van der Waals surface area (Å²) >= 11 is 0. The quantitative estimate of drug-likeness (QED) is 0.895. The molecule has 19 heavy (non-hydrogen) atoms. The standard InChI is InChI=1S/C14H24N4O/c1-14(2,3)18-11-7-16-12(13(18)19)15-6-10-17-8-4-5-9-17/h7,11H,4-6,8-10H2,1-3H3,(H,15,16). The van der Waals surface area contributed by atoms with Gasteiger partial charge in [0.25, 0.3) is 5.56 Å². The molecule has 1 aliphatic rings. The zero-order chi connectivity index (χ0) is 13.9. The second-order valence-electron chi connectivity index (χ2n) is 6.10. The molecule has 1 aromatic heterocycles. The number of likely N-dealkylation sites (tertiary alicyclic amines) is 1. The Hall–Kier alpha value is -1.36. The third kappa shape index (κ3) is 3.56. The number of aromatic nitrogens is 2. The Kier molecular flexibility index (Phi) is 4.24. The summed E-state index contributed by atoms with van der Waals surface area (Å²) in [5, 5.41) is 3.17. The molecule has 106 valence electrons. The first-order valence-electron chi connectivity index (χ1n) is 7.03. The lowest BCUT2D eigenvalue weighted by atomic mass is 10.1. The molecule has 1 saturated heterocycles. The summed E-state index contributed by atoms with van der Waals surface area (Å²) in [5.41, 5.74) is -0.262. The summed E-state index contributed by atoms with van der Waals surface area (Å²) in [6.45, 7) is 10.2. The van der Waals surface area contributed by atoms with Gasteiger partial charge in [0.1, 0.15) is 0 Å². The maximum absolute atomic E-state index is 12.3. The molecule has 0 aromatic carbocycles. The van der Waals surface area contributed by atoms with E-state index in [9.17, 15) is 4.79 Å². The average molecular weight is 264 g/mol. The van der Waals surface area contributed by atoms with Crippen LogP contribution in [0.5, 0.6) is 0 Å². The van der Waals surface area contributed by atoms with Crippen LogP contribution in [0.2, 0.25) is 0 Å². The number of nitrogens with one attached hydrogen (secondary N) is 1. The highest BCUT2D eigenvalue weighted by atomic mass is 16.1. The number of hydrogen-bond donors (Lipinski definition) is 1. The summed E-state index contributed by atoms with van der Waals surface area (Å²) in [4.78, 5) is 18.8. The van der Waals surface area contributed by atoms with Crippen LogP contribution in [0.15, 0.2) is 17.2 Å². The van der Waals surface area contributed by atoms with Crippen molar-refractivity contribution in [2.45, 2.75) is 39.2 Å². The zero-order valence-electron chi connectivity index (χ0n) is 12.1. The molecule has 0 bridgehead atoms. The summed E-state index contributed by atoms with van der Waals surface area (Å²) in [6.07, 6.45) is 6.01. The lowest BCUT2D eigenvalue weighted by molar-refractivity contribution is 0.352. The van der Waals surface area contributed by atoms with Crippen LogP contribution in [0.25, 0.3) is 0 Å². The van der Waals surface area contributed by atoms with Crippen LogP contribution in [-0.2, 0) is 5.54 Å². The molecule has 0 radical (unpaired) electrons. The van der Waals surface area contributed by atoms with Gasteiger partial charge in [-0.25, -0.2) is 4.98 Å². The smallest absolute Gasteiger partial charge is 0.293 e. The molecule has 0 atom stereocenters. The van der Waals surface area contributed by atoms with Gasteiger partial charge in [0, 0.05) is 31.0 Å². The normalized spacial score (nSPS) is 16.8. The fourth-order valence-electron chi connectivity index (χ4n) is 2.40. The molecule has 1 N–H and O–H groups in total. The molecule has 1 aliphatic heterocycles. The minimum atomic E-state index is -0.217. The number of rotatable bonds is 4. The van der Waals surface area contributed by atoms with Gasteiger partial charge in [-0.2, -0.15) is 0 Å². The van der Waals surface area contributed by atoms with Gasteiger partial charge in [0.15, 0.2) is 5.82 Å². The van der Waals surface area contributed by atoms with E-state index in [4.69, 9.17) is 0 Å². The van der Waals surface area contributed by atoms with Crippen molar-refractivity contribution in [1.29, 1.82) is 0 Å². The molecule has 2 heterocycles. The first kappa shape index (κ1) is 14.1. The highest BCUT2D eigenvalue weighted by Gasteiger charge is 2.16. The van der Waals surface area contributed by atoms with E-state index in [2.05, 4.69) is 15.2 Å². The molecule has 1 aromatic rings. The molecule has 0 aliphatic carbocycles. The summed E-state index contributed by atoms with van der Waals surface area (Å²) in [7, 11) is 0. The van der Waals surface area contributed by atoms with Crippen molar-refractivity contribution in [3.05, 3.63) is 22.7 Å².